The lowest BCUT2D eigenvalue weighted by Crippen LogP contribution is -2.57. The third kappa shape index (κ3) is 4.50. The van der Waals surface area contributed by atoms with Crippen LogP contribution in [0.25, 0.3) is 0 Å². The predicted molar refractivity (Wildman–Crippen MR) is 132 cm³/mol. The van der Waals surface area contributed by atoms with Gasteiger partial charge in [0, 0.05) is 15.7 Å². The molecular weight excluding hydrogens is 466 g/mol. The highest BCUT2D eigenvalue weighted by atomic mass is 79.9. The van der Waals surface area contributed by atoms with Crippen LogP contribution < -0.4 is 10.2 Å². The molecule has 1 atom stereocenters. The fourth-order valence-corrected chi connectivity index (χ4v) is 3.95. The average Bonchev–Trinajstić information content (AvgIpc) is 2.88. The van der Waals surface area contributed by atoms with Crippen LogP contribution in [0.4, 0.5) is 11.4 Å². The number of benzene rings is 3. The summed E-state index contributed by atoms with van der Waals surface area (Å²) in [7, 11) is 0. The molecule has 1 aliphatic heterocycles. The molecule has 0 spiro atoms. The number of anilines is 1. The van der Waals surface area contributed by atoms with Crippen molar-refractivity contribution in [3.63, 3.8) is 0 Å². The van der Waals surface area contributed by atoms with Gasteiger partial charge in [-0.1, -0.05) is 58.4 Å². The van der Waals surface area contributed by atoms with E-state index >= 15 is 0 Å². The summed E-state index contributed by atoms with van der Waals surface area (Å²) in [6.07, 6.45) is 0. The highest BCUT2D eigenvalue weighted by molar-refractivity contribution is 9.10. The number of hydrogen-bond donors (Lipinski definition) is 1. The predicted octanol–water partition coefficient (Wildman–Crippen LogP) is 5.51. The molecule has 0 saturated heterocycles. The third-order valence-corrected chi connectivity index (χ3v) is 5.56. The van der Waals surface area contributed by atoms with Crippen molar-refractivity contribution < 1.29 is 9.59 Å². The monoisotopic (exact) mass is 489 g/mol. The van der Waals surface area contributed by atoms with Crippen molar-refractivity contribution in [1.29, 1.82) is 0 Å². The van der Waals surface area contributed by atoms with Gasteiger partial charge in [-0.2, -0.15) is 0 Å². The van der Waals surface area contributed by atoms with Crippen LogP contribution in [0.5, 0.6) is 0 Å². The molecule has 3 aromatic rings. The normalized spacial score (nSPS) is 16.1. The van der Waals surface area contributed by atoms with Gasteiger partial charge in [-0.3, -0.25) is 14.5 Å². The summed E-state index contributed by atoms with van der Waals surface area (Å²) in [5, 5.41) is 3.05. The Morgan fingerprint density at radius 3 is 2.22 bits per heavy atom. The van der Waals surface area contributed by atoms with Gasteiger partial charge in [-0.05, 0) is 62.7 Å². The van der Waals surface area contributed by atoms with Crippen LogP contribution in [-0.2, 0) is 4.79 Å². The second kappa shape index (κ2) is 8.71. The lowest BCUT2D eigenvalue weighted by molar-refractivity contribution is -0.122. The smallest absolute Gasteiger partial charge is 0.261 e. The summed E-state index contributed by atoms with van der Waals surface area (Å²) in [4.78, 5) is 33.9. The maximum absolute atomic E-state index is 13.8. The van der Waals surface area contributed by atoms with Crippen molar-refractivity contribution >= 4 is 44.8 Å². The van der Waals surface area contributed by atoms with Crippen LogP contribution in [0.15, 0.2) is 88.3 Å². The molecule has 4 rings (SSSR count). The molecule has 0 saturated carbocycles. The first kappa shape index (κ1) is 22.0. The summed E-state index contributed by atoms with van der Waals surface area (Å²) in [6.45, 7) is 5.75. The summed E-state index contributed by atoms with van der Waals surface area (Å²) in [5.74, 6) is -0.555. The number of carbonyl (C=O) groups is 2. The van der Waals surface area contributed by atoms with Crippen molar-refractivity contribution in [2.75, 3.05) is 4.90 Å². The van der Waals surface area contributed by atoms with Crippen molar-refractivity contribution in [2.24, 2.45) is 4.99 Å². The van der Waals surface area contributed by atoms with Crippen molar-refractivity contribution in [1.82, 2.24) is 5.32 Å². The fourth-order valence-electron chi connectivity index (χ4n) is 3.69. The maximum atomic E-state index is 13.8. The summed E-state index contributed by atoms with van der Waals surface area (Å²) < 4.78 is 0.919. The minimum Gasteiger partial charge on any atom is -0.349 e. The number of nitrogens with zero attached hydrogens (tertiary/aromatic N) is 2. The standard InChI is InChI=1S/C26H24BrN3O2/c1-26(2,3)29-24(31)23-22(17-13-15-18(27)16-14-17)28-21-12-8-7-11-20(21)25(32)30(23)19-9-5-4-6-10-19/h4-16,23H,1-3H3,(H,29,31). The van der Waals surface area contributed by atoms with Gasteiger partial charge in [0.25, 0.3) is 5.91 Å². The number of hydrogen-bond acceptors (Lipinski definition) is 3. The Hall–Kier alpha value is -3.25. The van der Waals surface area contributed by atoms with Crippen LogP contribution in [-0.4, -0.2) is 29.1 Å². The van der Waals surface area contributed by atoms with E-state index in [0.717, 1.165) is 10.0 Å². The SMILES string of the molecule is CC(C)(C)NC(=O)C1C(c2ccc(Br)cc2)=Nc2ccccc2C(=O)N1c1ccccc1. The third-order valence-electron chi connectivity index (χ3n) is 5.03. The number of rotatable bonds is 3. The zero-order valence-corrected chi connectivity index (χ0v) is 19.8. The molecule has 0 aromatic heterocycles. The molecule has 32 heavy (non-hydrogen) atoms. The molecule has 2 amide bonds. The first-order chi connectivity index (χ1) is 15.2. The Labute approximate surface area is 196 Å². The van der Waals surface area contributed by atoms with E-state index in [4.69, 9.17) is 4.99 Å². The number of amides is 2. The fraction of sp³-hybridized carbons (Fsp3) is 0.192. The average molecular weight is 490 g/mol. The maximum Gasteiger partial charge on any atom is 0.261 e. The molecule has 0 fully saturated rings. The number of para-hydroxylation sites is 2. The van der Waals surface area contributed by atoms with Gasteiger partial charge in [0.05, 0.1) is 17.0 Å². The number of nitrogens with one attached hydrogen (secondary N) is 1. The van der Waals surface area contributed by atoms with Gasteiger partial charge in [0.15, 0.2) is 6.04 Å². The minimum atomic E-state index is -0.947. The van der Waals surface area contributed by atoms with E-state index < -0.39 is 11.6 Å². The van der Waals surface area contributed by atoms with E-state index in [2.05, 4.69) is 21.2 Å². The van der Waals surface area contributed by atoms with E-state index in [1.807, 2.05) is 87.5 Å². The van der Waals surface area contributed by atoms with Gasteiger partial charge in [0.2, 0.25) is 5.91 Å². The molecule has 0 radical (unpaired) electrons. The molecule has 3 aromatic carbocycles. The summed E-state index contributed by atoms with van der Waals surface area (Å²) in [6, 6.07) is 23.1. The molecule has 162 valence electrons. The summed E-state index contributed by atoms with van der Waals surface area (Å²) in [5.41, 5.74) is 2.44. The van der Waals surface area contributed by atoms with Crippen LogP contribution in [0.3, 0.4) is 0 Å². The summed E-state index contributed by atoms with van der Waals surface area (Å²) >= 11 is 3.47. The highest BCUT2D eigenvalue weighted by Gasteiger charge is 2.40. The van der Waals surface area contributed by atoms with E-state index in [9.17, 15) is 9.59 Å². The first-order valence-electron chi connectivity index (χ1n) is 10.4. The second-order valence-electron chi connectivity index (χ2n) is 8.67. The van der Waals surface area contributed by atoms with Crippen LogP contribution >= 0.6 is 15.9 Å². The molecule has 0 aliphatic carbocycles. The Kier molecular flexibility index (Phi) is 5.98. The van der Waals surface area contributed by atoms with Crippen LogP contribution in [0.2, 0.25) is 0 Å². The topological polar surface area (TPSA) is 61.8 Å². The van der Waals surface area contributed by atoms with E-state index in [1.54, 1.807) is 17.0 Å². The van der Waals surface area contributed by atoms with Crippen LogP contribution in [0, 0.1) is 0 Å². The van der Waals surface area contributed by atoms with Crippen LogP contribution in [0.1, 0.15) is 36.7 Å². The number of aliphatic imine (C=N–C) groups is 1. The largest absolute Gasteiger partial charge is 0.349 e. The van der Waals surface area contributed by atoms with Gasteiger partial charge < -0.3 is 5.32 Å². The molecule has 1 aliphatic rings. The minimum absolute atomic E-state index is 0.267. The van der Waals surface area contributed by atoms with Crippen molar-refractivity contribution in [3.05, 3.63) is 94.5 Å². The number of fused-ring (bicyclic) bond motifs is 1. The Morgan fingerprint density at radius 2 is 1.56 bits per heavy atom. The van der Waals surface area contributed by atoms with Crippen molar-refractivity contribution in [3.8, 4) is 0 Å². The molecule has 1 unspecified atom stereocenters. The van der Waals surface area contributed by atoms with Gasteiger partial charge in [0.1, 0.15) is 0 Å². The second-order valence-corrected chi connectivity index (χ2v) is 9.59. The van der Waals surface area contributed by atoms with Crippen molar-refractivity contribution in [2.45, 2.75) is 32.4 Å². The zero-order valence-electron chi connectivity index (χ0n) is 18.2. The Balaban J connectivity index is 1.98. The lowest BCUT2D eigenvalue weighted by atomic mass is 9.98. The quantitative estimate of drug-likeness (QED) is 0.526. The zero-order chi connectivity index (χ0) is 22.9. The molecule has 1 heterocycles. The van der Waals surface area contributed by atoms with Gasteiger partial charge in [-0.25, -0.2) is 4.99 Å². The Bertz CT molecular complexity index is 1180. The molecule has 1 N–H and O–H groups in total. The van der Waals surface area contributed by atoms with Gasteiger partial charge in [-0.15, -0.1) is 0 Å². The molecule has 5 nitrogen and oxygen atoms in total. The molecule has 0 bridgehead atoms. The van der Waals surface area contributed by atoms with E-state index in [1.165, 1.54) is 0 Å². The van der Waals surface area contributed by atoms with Gasteiger partial charge >= 0.3 is 0 Å². The first-order valence-corrected chi connectivity index (χ1v) is 11.2. The molecular formula is C26H24BrN3O2. The Morgan fingerprint density at radius 1 is 0.938 bits per heavy atom. The molecule has 6 heteroatoms. The number of carbonyl (C=O) groups excluding carboxylic acids is 2. The van der Waals surface area contributed by atoms with E-state index in [-0.39, 0.29) is 11.8 Å². The highest BCUT2D eigenvalue weighted by Crippen LogP contribution is 2.32. The lowest BCUT2D eigenvalue weighted by Gasteiger charge is -2.33. The van der Waals surface area contributed by atoms with E-state index in [0.29, 0.717) is 22.6 Å². The number of halogens is 1.